The number of rotatable bonds is 8. The number of halogens is 1. The SMILES string of the molecule is CNCCOc1c(C=O)cc(Cc2ccc(-c3ccccn3)cc2)c(C)c1F. The second kappa shape index (κ2) is 9.24. The van der Waals surface area contributed by atoms with Gasteiger partial charge < -0.3 is 10.1 Å². The summed E-state index contributed by atoms with van der Waals surface area (Å²) in [5, 5.41) is 2.93. The molecule has 144 valence electrons. The summed E-state index contributed by atoms with van der Waals surface area (Å²) < 4.78 is 20.3. The van der Waals surface area contributed by atoms with Gasteiger partial charge in [0, 0.05) is 18.3 Å². The van der Waals surface area contributed by atoms with Crippen LogP contribution < -0.4 is 10.1 Å². The highest BCUT2D eigenvalue weighted by atomic mass is 19.1. The zero-order valence-electron chi connectivity index (χ0n) is 16.0. The van der Waals surface area contributed by atoms with Gasteiger partial charge in [-0.05, 0) is 55.3 Å². The molecule has 0 fully saturated rings. The molecule has 0 saturated heterocycles. The molecule has 0 aliphatic heterocycles. The maximum absolute atomic E-state index is 14.8. The van der Waals surface area contributed by atoms with E-state index in [9.17, 15) is 9.18 Å². The smallest absolute Gasteiger partial charge is 0.169 e. The summed E-state index contributed by atoms with van der Waals surface area (Å²) in [4.78, 5) is 15.8. The first kappa shape index (κ1) is 19.7. The Labute approximate surface area is 164 Å². The van der Waals surface area contributed by atoms with Crippen molar-refractivity contribution >= 4 is 6.29 Å². The standard InChI is InChI=1S/C23H23FN2O2/c1-16-19(14-20(15-27)23(22(16)24)28-12-11-25-2)13-17-6-8-18(9-7-17)21-5-3-4-10-26-21/h3-10,14-15,25H,11-13H2,1-2H3. The van der Waals surface area contributed by atoms with Gasteiger partial charge in [0.2, 0.25) is 0 Å². The quantitative estimate of drug-likeness (QED) is 0.472. The molecule has 3 aromatic rings. The maximum Gasteiger partial charge on any atom is 0.169 e. The molecule has 0 spiro atoms. The summed E-state index contributed by atoms with van der Waals surface area (Å²) in [6.07, 6.45) is 2.93. The summed E-state index contributed by atoms with van der Waals surface area (Å²) in [6.45, 7) is 2.58. The monoisotopic (exact) mass is 378 g/mol. The van der Waals surface area contributed by atoms with Gasteiger partial charge >= 0.3 is 0 Å². The van der Waals surface area contributed by atoms with Crippen molar-refractivity contribution in [2.75, 3.05) is 20.2 Å². The summed E-state index contributed by atoms with van der Waals surface area (Å²) >= 11 is 0. The van der Waals surface area contributed by atoms with Crippen molar-refractivity contribution in [3.8, 4) is 17.0 Å². The van der Waals surface area contributed by atoms with Crippen LogP contribution in [-0.2, 0) is 6.42 Å². The average Bonchev–Trinajstić information content (AvgIpc) is 2.74. The first-order valence-corrected chi connectivity index (χ1v) is 9.19. The minimum Gasteiger partial charge on any atom is -0.488 e. The molecule has 0 bridgehead atoms. The number of hydrogen-bond donors (Lipinski definition) is 1. The number of benzene rings is 2. The molecule has 5 heteroatoms. The Balaban J connectivity index is 1.84. The van der Waals surface area contributed by atoms with Gasteiger partial charge in [0.15, 0.2) is 17.9 Å². The first-order chi connectivity index (χ1) is 13.6. The van der Waals surface area contributed by atoms with Gasteiger partial charge in [-0.25, -0.2) is 4.39 Å². The van der Waals surface area contributed by atoms with E-state index in [1.165, 1.54) is 0 Å². The van der Waals surface area contributed by atoms with Crippen LogP contribution in [0.1, 0.15) is 27.0 Å². The van der Waals surface area contributed by atoms with E-state index in [4.69, 9.17) is 4.74 Å². The van der Waals surface area contributed by atoms with E-state index in [0.29, 0.717) is 31.4 Å². The number of nitrogens with zero attached hydrogens (tertiary/aromatic N) is 1. The highest BCUT2D eigenvalue weighted by Crippen LogP contribution is 2.29. The lowest BCUT2D eigenvalue weighted by Crippen LogP contribution is -2.17. The van der Waals surface area contributed by atoms with Crippen LogP contribution in [0.25, 0.3) is 11.3 Å². The van der Waals surface area contributed by atoms with Crippen molar-refractivity contribution < 1.29 is 13.9 Å². The molecular weight excluding hydrogens is 355 g/mol. The fraction of sp³-hybridized carbons (Fsp3) is 0.217. The van der Waals surface area contributed by atoms with Crippen LogP contribution in [0.4, 0.5) is 4.39 Å². The summed E-state index contributed by atoms with van der Waals surface area (Å²) in [7, 11) is 1.79. The van der Waals surface area contributed by atoms with E-state index in [1.807, 2.05) is 42.5 Å². The van der Waals surface area contributed by atoms with Gasteiger partial charge in [0.1, 0.15) is 6.61 Å². The third kappa shape index (κ3) is 4.43. The molecule has 0 unspecified atom stereocenters. The molecular formula is C23H23FN2O2. The molecule has 4 nitrogen and oxygen atoms in total. The van der Waals surface area contributed by atoms with Crippen LogP contribution in [-0.4, -0.2) is 31.5 Å². The van der Waals surface area contributed by atoms with Crippen molar-refractivity contribution in [3.63, 3.8) is 0 Å². The van der Waals surface area contributed by atoms with E-state index in [-0.39, 0.29) is 11.3 Å². The maximum atomic E-state index is 14.8. The van der Waals surface area contributed by atoms with Crippen molar-refractivity contribution in [1.82, 2.24) is 10.3 Å². The molecule has 1 heterocycles. The van der Waals surface area contributed by atoms with Crippen LogP contribution in [0, 0.1) is 12.7 Å². The fourth-order valence-electron chi connectivity index (χ4n) is 3.02. The van der Waals surface area contributed by atoms with Crippen LogP contribution >= 0.6 is 0 Å². The number of pyridine rings is 1. The molecule has 0 saturated carbocycles. The summed E-state index contributed by atoms with van der Waals surface area (Å²) in [5.41, 5.74) is 4.46. The lowest BCUT2D eigenvalue weighted by molar-refractivity contribution is 0.111. The first-order valence-electron chi connectivity index (χ1n) is 9.19. The number of ether oxygens (including phenoxy) is 1. The number of carbonyl (C=O) groups excluding carboxylic acids is 1. The Hall–Kier alpha value is -3.05. The topological polar surface area (TPSA) is 51.2 Å². The Kier molecular flexibility index (Phi) is 6.50. The predicted octanol–water partition coefficient (Wildman–Crippen LogP) is 4.20. The van der Waals surface area contributed by atoms with Gasteiger partial charge in [0.25, 0.3) is 0 Å². The van der Waals surface area contributed by atoms with E-state index >= 15 is 0 Å². The number of carbonyl (C=O) groups is 1. The van der Waals surface area contributed by atoms with Crippen LogP contribution in [0.3, 0.4) is 0 Å². The van der Waals surface area contributed by atoms with Crippen molar-refractivity contribution in [2.24, 2.45) is 0 Å². The molecule has 0 amide bonds. The van der Waals surface area contributed by atoms with E-state index in [2.05, 4.69) is 10.3 Å². The molecule has 0 aliphatic carbocycles. The Morgan fingerprint density at radius 3 is 2.61 bits per heavy atom. The number of aldehydes is 1. The van der Waals surface area contributed by atoms with Crippen LogP contribution in [0.15, 0.2) is 54.7 Å². The lowest BCUT2D eigenvalue weighted by Gasteiger charge is -2.15. The molecule has 1 aromatic heterocycles. The van der Waals surface area contributed by atoms with Gasteiger partial charge in [-0.2, -0.15) is 0 Å². The largest absolute Gasteiger partial charge is 0.488 e. The van der Waals surface area contributed by atoms with Crippen LogP contribution in [0.5, 0.6) is 5.75 Å². The number of aromatic nitrogens is 1. The molecule has 2 aromatic carbocycles. The summed E-state index contributed by atoms with van der Waals surface area (Å²) in [5.74, 6) is -0.446. The molecule has 0 atom stereocenters. The average molecular weight is 378 g/mol. The zero-order chi connectivity index (χ0) is 19.9. The predicted molar refractivity (Wildman–Crippen MR) is 108 cm³/mol. The molecule has 0 aliphatic rings. The molecule has 28 heavy (non-hydrogen) atoms. The molecule has 1 N–H and O–H groups in total. The normalized spacial score (nSPS) is 10.7. The van der Waals surface area contributed by atoms with Crippen LogP contribution in [0.2, 0.25) is 0 Å². The van der Waals surface area contributed by atoms with Crippen molar-refractivity contribution in [2.45, 2.75) is 13.3 Å². The lowest BCUT2D eigenvalue weighted by atomic mass is 9.96. The van der Waals surface area contributed by atoms with Crippen molar-refractivity contribution in [1.29, 1.82) is 0 Å². The van der Waals surface area contributed by atoms with Gasteiger partial charge in [-0.3, -0.25) is 9.78 Å². The van der Waals surface area contributed by atoms with Gasteiger partial charge in [0.05, 0.1) is 11.3 Å². The Morgan fingerprint density at radius 1 is 1.18 bits per heavy atom. The highest BCUT2D eigenvalue weighted by molar-refractivity contribution is 5.80. The van der Waals surface area contributed by atoms with Gasteiger partial charge in [-0.15, -0.1) is 0 Å². The minimum atomic E-state index is -0.471. The second-order valence-corrected chi connectivity index (χ2v) is 6.55. The third-order valence-corrected chi connectivity index (χ3v) is 4.64. The third-order valence-electron chi connectivity index (χ3n) is 4.64. The number of nitrogens with one attached hydrogen (secondary N) is 1. The summed E-state index contributed by atoms with van der Waals surface area (Å²) in [6, 6.07) is 15.5. The Morgan fingerprint density at radius 2 is 1.96 bits per heavy atom. The van der Waals surface area contributed by atoms with Crippen molar-refractivity contribution in [3.05, 3.63) is 82.8 Å². The Bertz CT molecular complexity index is 941. The minimum absolute atomic E-state index is 0.0250. The number of hydrogen-bond acceptors (Lipinski definition) is 4. The molecule has 0 radical (unpaired) electrons. The van der Waals surface area contributed by atoms with E-state index in [1.54, 1.807) is 26.2 Å². The van der Waals surface area contributed by atoms with Gasteiger partial charge in [-0.1, -0.05) is 30.3 Å². The second-order valence-electron chi connectivity index (χ2n) is 6.55. The zero-order valence-corrected chi connectivity index (χ0v) is 16.0. The van der Waals surface area contributed by atoms with E-state index in [0.717, 1.165) is 22.4 Å². The van der Waals surface area contributed by atoms with E-state index < -0.39 is 5.82 Å². The molecule has 3 rings (SSSR count). The highest BCUT2D eigenvalue weighted by Gasteiger charge is 2.17. The number of likely N-dealkylation sites (N-methyl/N-ethyl adjacent to an activating group) is 1. The fourth-order valence-corrected chi connectivity index (χ4v) is 3.02.